The van der Waals surface area contributed by atoms with Gasteiger partial charge >= 0.3 is 0 Å². The molecular weight excluding hydrogens is 202 g/mol. The van der Waals surface area contributed by atoms with Crippen molar-refractivity contribution in [2.24, 2.45) is 0 Å². The Morgan fingerprint density at radius 2 is 2.19 bits per heavy atom. The number of rotatable bonds is 4. The lowest BCUT2D eigenvalue weighted by atomic mass is 9.99. The van der Waals surface area contributed by atoms with Gasteiger partial charge in [-0.05, 0) is 19.9 Å². The highest BCUT2D eigenvalue weighted by atomic mass is 16.5. The number of hydrogen-bond acceptors (Lipinski definition) is 3. The van der Waals surface area contributed by atoms with Crippen LogP contribution in [0.1, 0.15) is 25.3 Å². The molecule has 0 radical (unpaired) electrons. The van der Waals surface area contributed by atoms with Gasteiger partial charge in [0.05, 0.1) is 13.2 Å². The highest BCUT2D eigenvalue weighted by molar-refractivity contribution is 5.39. The van der Waals surface area contributed by atoms with Crippen molar-refractivity contribution in [2.75, 3.05) is 19.8 Å². The van der Waals surface area contributed by atoms with Crippen molar-refractivity contribution in [3.05, 3.63) is 29.8 Å². The maximum atomic E-state index is 9.17. The van der Waals surface area contributed by atoms with E-state index in [1.165, 1.54) is 5.56 Å². The second-order valence-electron chi connectivity index (χ2n) is 4.97. The molecule has 0 bridgehead atoms. The van der Waals surface area contributed by atoms with E-state index in [1.807, 2.05) is 32.0 Å². The molecule has 2 rings (SSSR count). The number of benzene rings is 1. The highest BCUT2D eigenvalue weighted by Gasteiger charge is 2.25. The molecule has 1 unspecified atom stereocenters. The van der Waals surface area contributed by atoms with Crippen LogP contribution in [0.4, 0.5) is 0 Å². The van der Waals surface area contributed by atoms with Crippen molar-refractivity contribution in [1.82, 2.24) is 5.32 Å². The average molecular weight is 221 g/mol. The van der Waals surface area contributed by atoms with Gasteiger partial charge in [-0.15, -0.1) is 0 Å². The summed E-state index contributed by atoms with van der Waals surface area (Å²) >= 11 is 0. The van der Waals surface area contributed by atoms with Crippen molar-refractivity contribution in [2.45, 2.75) is 25.3 Å². The molecule has 0 aliphatic carbocycles. The summed E-state index contributed by atoms with van der Waals surface area (Å²) in [5, 5.41) is 12.5. The molecule has 1 aromatic carbocycles. The molecule has 3 heteroatoms. The molecule has 1 aromatic rings. The minimum absolute atomic E-state index is 0.141. The third kappa shape index (κ3) is 2.36. The zero-order valence-corrected chi connectivity index (χ0v) is 9.86. The molecule has 3 nitrogen and oxygen atoms in total. The van der Waals surface area contributed by atoms with Crippen LogP contribution in [0.3, 0.4) is 0 Å². The molecular formula is C13H19NO2. The number of aliphatic hydroxyl groups excluding tert-OH is 1. The van der Waals surface area contributed by atoms with E-state index in [1.54, 1.807) is 0 Å². The summed E-state index contributed by atoms with van der Waals surface area (Å²) in [6.07, 6.45) is 0. The van der Waals surface area contributed by atoms with Crippen LogP contribution in [0.15, 0.2) is 24.3 Å². The van der Waals surface area contributed by atoms with Crippen LogP contribution in [0.2, 0.25) is 0 Å². The number of fused-ring (bicyclic) bond motifs is 1. The smallest absolute Gasteiger partial charge is 0.122 e. The summed E-state index contributed by atoms with van der Waals surface area (Å²) in [6.45, 7) is 5.70. The van der Waals surface area contributed by atoms with E-state index >= 15 is 0 Å². The third-order valence-electron chi connectivity index (χ3n) is 3.02. The van der Waals surface area contributed by atoms with E-state index in [4.69, 9.17) is 9.84 Å². The van der Waals surface area contributed by atoms with Crippen molar-refractivity contribution in [3.8, 4) is 5.75 Å². The zero-order chi connectivity index (χ0) is 11.6. The second-order valence-corrected chi connectivity index (χ2v) is 4.97. The summed E-state index contributed by atoms with van der Waals surface area (Å²) in [4.78, 5) is 0. The quantitative estimate of drug-likeness (QED) is 0.810. The predicted octanol–water partition coefficient (Wildman–Crippen LogP) is 1.52. The Hall–Kier alpha value is -1.06. The molecule has 0 saturated heterocycles. The van der Waals surface area contributed by atoms with Gasteiger partial charge in [0.2, 0.25) is 0 Å². The molecule has 1 atom stereocenters. The largest absolute Gasteiger partial charge is 0.493 e. The number of aliphatic hydroxyl groups is 1. The summed E-state index contributed by atoms with van der Waals surface area (Å²) in [5.74, 6) is 1.39. The zero-order valence-electron chi connectivity index (χ0n) is 9.86. The summed E-state index contributed by atoms with van der Waals surface area (Å²) in [5.41, 5.74) is 1.04. The fraction of sp³-hybridized carbons (Fsp3) is 0.538. The predicted molar refractivity (Wildman–Crippen MR) is 63.8 cm³/mol. The number of nitrogens with one attached hydrogen (secondary N) is 1. The van der Waals surface area contributed by atoms with Gasteiger partial charge < -0.3 is 15.2 Å². The van der Waals surface area contributed by atoms with Crippen LogP contribution in [0.25, 0.3) is 0 Å². The fourth-order valence-corrected chi connectivity index (χ4v) is 1.85. The van der Waals surface area contributed by atoms with Gasteiger partial charge in [0.25, 0.3) is 0 Å². The Bertz CT molecular complexity index is 363. The van der Waals surface area contributed by atoms with Gasteiger partial charge in [-0.25, -0.2) is 0 Å². The van der Waals surface area contributed by atoms with Crippen LogP contribution in [-0.4, -0.2) is 30.4 Å². The lowest BCUT2D eigenvalue weighted by Crippen LogP contribution is -2.44. The molecule has 0 aromatic heterocycles. The minimum atomic E-state index is -0.225. The lowest BCUT2D eigenvalue weighted by Gasteiger charge is -2.25. The Kier molecular flexibility index (Phi) is 3.17. The normalized spacial score (nSPS) is 19.3. The number of hydrogen-bond donors (Lipinski definition) is 2. The standard InChI is InChI=1S/C13H19NO2/c1-13(2,9-15)14-7-10-8-16-12-6-4-3-5-11(10)12/h3-6,10,14-15H,7-9H2,1-2H3. The van der Waals surface area contributed by atoms with E-state index in [0.29, 0.717) is 5.92 Å². The number of ether oxygens (including phenoxy) is 1. The van der Waals surface area contributed by atoms with E-state index in [9.17, 15) is 0 Å². The molecule has 1 heterocycles. The van der Waals surface area contributed by atoms with Gasteiger partial charge in [0.1, 0.15) is 5.75 Å². The minimum Gasteiger partial charge on any atom is -0.493 e. The van der Waals surface area contributed by atoms with E-state index in [2.05, 4.69) is 11.4 Å². The van der Waals surface area contributed by atoms with E-state index < -0.39 is 0 Å². The second kappa shape index (κ2) is 4.44. The summed E-state index contributed by atoms with van der Waals surface area (Å²) in [7, 11) is 0. The molecule has 0 fully saturated rings. The monoisotopic (exact) mass is 221 g/mol. The molecule has 2 N–H and O–H groups in total. The van der Waals surface area contributed by atoms with Crippen molar-refractivity contribution in [1.29, 1.82) is 0 Å². The van der Waals surface area contributed by atoms with Crippen LogP contribution < -0.4 is 10.1 Å². The average Bonchev–Trinajstić information content (AvgIpc) is 2.70. The first-order valence-corrected chi connectivity index (χ1v) is 5.70. The number of para-hydroxylation sites is 1. The van der Waals surface area contributed by atoms with E-state index in [-0.39, 0.29) is 12.1 Å². The Labute approximate surface area is 96.4 Å². The molecule has 1 aliphatic rings. The molecule has 1 aliphatic heterocycles. The topological polar surface area (TPSA) is 41.5 Å². The molecule has 0 amide bonds. The summed E-state index contributed by atoms with van der Waals surface area (Å²) < 4.78 is 5.61. The van der Waals surface area contributed by atoms with Crippen LogP contribution in [-0.2, 0) is 0 Å². The van der Waals surface area contributed by atoms with E-state index in [0.717, 1.165) is 18.9 Å². The van der Waals surface area contributed by atoms with Crippen molar-refractivity contribution < 1.29 is 9.84 Å². The maximum Gasteiger partial charge on any atom is 0.122 e. The lowest BCUT2D eigenvalue weighted by molar-refractivity contribution is 0.184. The highest BCUT2D eigenvalue weighted by Crippen LogP contribution is 2.33. The molecule has 88 valence electrons. The van der Waals surface area contributed by atoms with Crippen LogP contribution >= 0.6 is 0 Å². The van der Waals surface area contributed by atoms with Crippen molar-refractivity contribution >= 4 is 0 Å². The van der Waals surface area contributed by atoms with Gasteiger partial charge in [0.15, 0.2) is 0 Å². The van der Waals surface area contributed by atoms with Gasteiger partial charge in [-0.1, -0.05) is 18.2 Å². The third-order valence-corrected chi connectivity index (χ3v) is 3.02. The maximum absolute atomic E-state index is 9.17. The van der Waals surface area contributed by atoms with Crippen molar-refractivity contribution in [3.63, 3.8) is 0 Å². The Morgan fingerprint density at radius 1 is 1.44 bits per heavy atom. The Balaban J connectivity index is 1.99. The summed E-state index contributed by atoms with van der Waals surface area (Å²) in [6, 6.07) is 8.15. The Morgan fingerprint density at radius 3 is 2.94 bits per heavy atom. The first kappa shape index (κ1) is 11.4. The molecule has 0 saturated carbocycles. The molecule has 0 spiro atoms. The van der Waals surface area contributed by atoms with Crippen LogP contribution in [0.5, 0.6) is 5.75 Å². The van der Waals surface area contributed by atoms with Gasteiger partial charge in [0, 0.05) is 23.6 Å². The van der Waals surface area contributed by atoms with Gasteiger partial charge in [-0.2, -0.15) is 0 Å². The fourth-order valence-electron chi connectivity index (χ4n) is 1.85. The molecule has 16 heavy (non-hydrogen) atoms. The first-order chi connectivity index (χ1) is 7.62. The van der Waals surface area contributed by atoms with Gasteiger partial charge in [-0.3, -0.25) is 0 Å². The SMILES string of the molecule is CC(C)(CO)NCC1COc2ccccc21. The first-order valence-electron chi connectivity index (χ1n) is 5.70. The van der Waals surface area contributed by atoms with Crippen LogP contribution in [0, 0.1) is 0 Å².